The molecule has 0 rings (SSSR count). The number of carbonyl (C=O) groups is 5. The summed E-state index contributed by atoms with van der Waals surface area (Å²) in [7, 11) is 0. The van der Waals surface area contributed by atoms with Crippen molar-refractivity contribution < 1.29 is 39.3 Å². The van der Waals surface area contributed by atoms with E-state index >= 15 is 0 Å². The Labute approximate surface area is 173 Å². The second kappa shape index (κ2) is 12.7. The van der Waals surface area contributed by atoms with Gasteiger partial charge in [0, 0.05) is 6.42 Å². The molecule has 5 unspecified atom stereocenters. The fraction of sp³-hybridized carbons (Fsp3) is 0.706. The molecule has 0 aliphatic rings. The van der Waals surface area contributed by atoms with Crippen LogP contribution in [0.25, 0.3) is 0 Å². The number of rotatable bonds is 13. The Bertz CT molecular complexity index is 640. The Morgan fingerprint density at radius 3 is 1.83 bits per heavy atom. The number of carboxylic acid groups (broad SMARTS) is 1. The van der Waals surface area contributed by atoms with E-state index in [9.17, 15) is 29.1 Å². The number of carboxylic acids is 1. The van der Waals surface area contributed by atoms with Crippen LogP contribution < -0.4 is 27.4 Å². The highest BCUT2D eigenvalue weighted by Gasteiger charge is 2.32. The first kappa shape index (κ1) is 27.2. The summed E-state index contributed by atoms with van der Waals surface area (Å²) in [5.41, 5.74) is 10.8. The van der Waals surface area contributed by atoms with Crippen LogP contribution in [-0.2, 0) is 24.0 Å². The molecule has 0 radical (unpaired) electrons. The number of primary amides is 1. The van der Waals surface area contributed by atoms with E-state index in [1.165, 1.54) is 6.92 Å². The van der Waals surface area contributed by atoms with Crippen LogP contribution in [0.3, 0.4) is 0 Å². The van der Waals surface area contributed by atoms with Crippen LogP contribution in [0.15, 0.2) is 0 Å². The summed E-state index contributed by atoms with van der Waals surface area (Å²) in [5.74, 6) is -5.20. The van der Waals surface area contributed by atoms with Gasteiger partial charge in [0.1, 0.15) is 18.1 Å². The third-order valence-corrected chi connectivity index (χ3v) is 4.19. The molecule has 0 bridgehead atoms. The van der Waals surface area contributed by atoms with E-state index in [0.717, 1.165) is 0 Å². The molecule has 13 heteroatoms. The smallest absolute Gasteiger partial charge is 0.328 e. The second-order valence-electron chi connectivity index (χ2n) is 7.14. The molecule has 0 fully saturated rings. The summed E-state index contributed by atoms with van der Waals surface area (Å²) in [6, 6.07) is -5.48. The average molecular weight is 433 g/mol. The van der Waals surface area contributed by atoms with E-state index in [1.807, 2.05) is 5.32 Å². The van der Waals surface area contributed by atoms with Crippen molar-refractivity contribution in [3.63, 3.8) is 0 Å². The summed E-state index contributed by atoms with van der Waals surface area (Å²) < 4.78 is 0. The molecule has 4 amide bonds. The molecule has 13 nitrogen and oxygen atoms in total. The Morgan fingerprint density at radius 2 is 1.43 bits per heavy atom. The van der Waals surface area contributed by atoms with Gasteiger partial charge in [-0.1, -0.05) is 13.8 Å². The van der Waals surface area contributed by atoms with Crippen molar-refractivity contribution in [2.45, 2.75) is 63.9 Å². The van der Waals surface area contributed by atoms with Crippen LogP contribution in [0.5, 0.6) is 0 Å². The maximum absolute atomic E-state index is 12.6. The number of aliphatic hydroxyl groups is 2. The molecule has 0 aromatic carbocycles. The van der Waals surface area contributed by atoms with E-state index in [0.29, 0.717) is 0 Å². The first-order chi connectivity index (χ1) is 13.8. The van der Waals surface area contributed by atoms with E-state index in [4.69, 9.17) is 21.7 Å². The van der Waals surface area contributed by atoms with Crippen molar-refractivity contribution in [2.24, 2.45) is 17.4 Å². The first-order valence-corrected chi connectivity index (χ1v) is 9.28. The molecule has 10 N–H and O–H groups in total. The van der Waals surface area contributed by atoms with Gasteiger partial charge in [-0.3, -0.25) is 19.2 Å². The van der Waals surface area contributed by atoms with Crippen LogP contribution >= 0.6 is 0 Å². The van der Waals surface area contributed by atoms with Crippen molar-refractivity contribution in [2.75, 3.05) is 6.61 Å². The largest absolute Gasteiger partial charge is 0.480 e. The fourth-order valence-electron chi connectivity index (χ4n) is 2.23. The van der Waals surface area contributed by atoms with Gasteiger partial charge in [0.2, 0.25) is 23.6 Å². The quantitative estimate of drug-likeness (QED) is 0.142. The molecular weight excluding hydrogens is 402 g/mol. The van der Waals surface area contributed by atoms with Crippen LogP contribution in [0.4, 0.5) is 0 Å². The van der Waals surface area contributed by atoms with Gasteiger partial charge < -0.3 is 42.7 Å². The zero-order chi connectivity index (χ0) is 23.6. The lowest BCUT2D eigenvalue weighted by atomic mass is 10.0. The minimum atomic E-state index is -1.64. The minimum absolute atomic E-state index is 0.247. The Morgan fingerprint density at radius 1 is 0.900 bits per heavy atom. The van der Waals surface area contributed by atoms with Crippen LogP contribution in [0.2, 0.25) is 0 Å². The summed E-state index contributed by atoms with van der Waals surface area (Å²) in [5, 5.41) is 34.4. The number of amides is 4. The number of nitrogens with one attached hydrogen (secondary N) is 3. The number of hydrogen-bond donors (Lipinski definition) is 8. The van der Waals surface area contributed by atoms with Crippen molar-refractivity contribution in [1.29, 1.82) is 0 Å². The normalized spacial score (nSPS) is 16.0. The molecular formula is C17H31N5O8. The summed E-state index contributed by atoms with van der Waals surface area (Å²) in [4.78, 5) is 59.1. The maximum atomic E-state index is 12.6. The molecule has 0 aliphatic carbocycles. The third-order valence-electron chi connectivity index (χ3n) is 4.19. The molecule has 0 spiro atoms. The van der Waals surface area contributed by atoms with Gasteiger partial charge in [0.05, 0.1) is 18.8 Å². The van der Waals surface area contributed by atoms with Crippen LogP contribution in [-0.4, -0.2) is 81.8 Å². The topological polar surface area (TPSA) is 234 Å². The number of nitrogens with two attached hydrogens (primary N) is 2. The Balaban J connectivity index is 5.42. The molecule has 0 aliphatic heterocycles. The van der Waals surface area contributed by atoms with Crippen LogP contribution in [0.1, 0.15) is 33.6 Å². The molecule has 5 atom stereocenters. The van der Waals surface area contributed by atoms with E-state index < -0.39 is 66.5 Å². The second-order valence-corrected chi connectivity index (χ2v) is 7.14. The zero-order valence-electron chi connectivity index (χ0n) is 17.1. The lowest BCUT2D eigenvalue weighted by Crippen LogP contribution is -2.60. The summed E-state index contributed by atoms with van der Waals surface area (Å²) in [6.45, 7) is 3.70. The predicted molar refractivity (Wildman–Crippen MR) is 103 cm³/mol. The molecule has 172 valence electrons. The van der Waals surface area contributed by atoms with Crippen LogP contribution in [0, 0.1) is 5.92 Å². The highest BCUT2D eigenvalue weighted by atomic mass is 16.4. The first-order valence-electron chi connectivity index (χ1n) is 9.28. The number of carbonyl (C=O) groups excluding carboxylic acids is 4. The van der Waals surface area contributed by atoms with Gasteiger partial charge in [-0.2, -0.15) is 0 Å². The maximum Gasteiger partial charge on any atom is 0.328 e. The van der Waals surface area contributed by atoms with Gasteiger partial charge in [0.25, 0.3) is 0 Å². The average Bonchev–Trinajstić information content (AvgIpc) is 2.65. The van der Waals surface area contributed by atoms with Gasteiger partial charge in [-0.25, -0.2) is 4.79 Å². The SMILES string of the molecule is CC(C)C(N)C(=O)NC(C(=O)NC(CCC(N)=O)C(=O)NC(CO)C(=O)O)C(C)O. The van der Waals surface area contributed by atoms with E-state index in [-0.39, 0.29) is 18.8 Å². The molecule has 30 heavy (non-hydrogen) atoms. The number of hydrogen-bond acceptors (Lipinski definition) is 8. The monoisotopic (exact) mass is 433 g/mol. The van der Waals surface area contributed by atoms with Crippen molar-refractivity contribution in [3.05, 3.63) is 0 Å². The lowest BCUT2D eigenvalue weighted by Gasteiger charge is -2.26. The van der Waals surface area contributed by atoms with E-state index in [2.05, 4.69) is 10.6 Å². The third kappa shape index (κ3) is 9.15. The molecule has 0 aromatic heterocycles. The number of aliphatic carboxylic acids is 1. The summed E-state index contributed by atoms with van der Waals surface area (Å²) >= 11 is 0. The molecule has 0 aromatic rings. The molecule has 0 heterocycles. The van der Waals surface area contributed by atoms with Gasteiger partial charge >= 0.3 is 5.97 Å². The van der Waals surface area contributed by atoms with Crippen molar-refractivity contribution in [1.82, 2.24) is 16.0 Å². The van der Waals surface area contributed by atoms with E-state index in [1.54, 1.807) is 13.8 Å². The predicted octanol–water partition coefficient (Wildman–Crippen LogP) is -3.85. The highest BCUT2D eigenvalue weighted by molar-refractivity contribution is 5.94. The lowest BCUT2D eigenvalue weighted by molar-refractivity contribution is -0.143. The summed E-state index contributed by atoms with van der Waals surface area (Å²) in [6.07, 6.45) is -1.96. The minimum Gasteiger partial charge on any atom is -0.480 e. The molecule has 0 saturated carbocycles. The Kier molecular flexibility index (Phi) is 11.5. The number of aliphatic hydroxyl groups excluding tert-OH is 2. The van der Waals surface area contributed by atoms with Crippen molar-refractivity contribution >= 4 is 29.6 Å². The Hall–Kier alpha value is -2.77. The van der Waals surface area contributed by atoms with Gasteiger partial charge in [-0.05, 0) is 19.3 Å². The standard InChI is InChI=1S/C17H31N5O8/c1-7(2)12(19)15(27)22-13(8(3)24)16(28)20-9(4-5-11(18)25)14(26)21-10(6-23)17(29)30/h7-10,12-13,23-24H,4-6,19H2,1-3H3,(H2,18,25)(H,20,28)(H,21,26)(H,22,27)(H,29,30). The zero-order valence-corrected chi connectivity index (χ0v) is 17.1. The van der Waals surface area contributed by atoms with Gasteiger partial charge in [-0.15, -0.1) is 0 Å². The fourth-order valence-corrected chi connectivity index (χ4v) is 2.23. The highest BCUT2D eigenvalue weighted by Crippen LogP contribution is 2.04. The van der Waals surface area contributed by atoms with Crippen molar-refractivity contribution in [3.8, 4) is 0 Å². The van der Waals surface area contributed by atoms with Gasteiger partial charge in [0.15, 0.2) is 0 Å². The molecule has 0 saturated heterocycles.